The Morgan fingerprint density at radius 3 is 1.36 bits per heavy atom. The number of rotatable bonds is 47. The smallest absolute Gasteiger partial charge is 0.335 e. The monoisotopic (exact) mass is 1070 g/mol. The lowest BCUT2D eigenvalue weighted by molar-refractivity contribution is -0.301. The van der Waals surface area contributed by atoms with E-state index in [1.54, 1.807) is 6.08 Å². The molecule has 0 aliphatic carbocycles. The van der Waals surface area contributed by atoms with Crippen LogP contribution in [0.5, 0.6) is 0 Å². The highest BCUT2D eigenvalue weighted by molar-refractivity contribution is 5.74. The summed E-state index contributed by atoms with van der Waals surface area (Å²) in [6.45, 7) is 5.62. The van der Waals surface area contributed by atoms with Gasteiger partial charge in [0.05, 0.1) is 13.0 Å². The molecule has 6 unspecified atom stereocenters. The zero-order valence-corrected chi connectivity index (χ0v) is 47.4. The van der Waals surface area contributed by atoms with Gasteiger partial charge in [0.25, 0.3) is 0 Å². The highest BCUT2D eigenvalue weighted by Gasteiger charge is 2.50. The van der Waals surface area contributed by atoms with Gasteiger partial charge >= 0.3 is 23.9 Å². The minimum atomic E-state index is -1.94. The molecule has 0 aromatic carbocycles. The summed E-state index contributed by atoms with van der Waals surface area (Å²) in [5.74, 6) is -3.39. The summed E-state index contributed by atoms with van der Waals surface area (Å²) in [6, 6.07) is 0. The van der Waals surface area contributed by atoms with Crippen molar-refractivity contribution in [3.8, 4) is 0 Å². The second-order valence-corrected chi connectivity index (χ2v) is 19.2. The number of esters is 3. The zero-order chi connectivity index (χ0) is 56.1. The van der Waals surface area contributed by atoms with E-state index in [0.717, 1.165) is 96.3 Å². The number of carbonyl (C=O) groups is 4. The Morgan fingerprint density at radius 2 is 0.870 bits per heavy atom. The Hall–Kier alpha value is -5.14. The van der Waals surface area contributed by atoms with E-state index in [4.69, 9.17) is 23.7 Å². The molecule has 12 heteroatoms. The van der Waals surface area contributed by atoms with Crippen LogP contribution in [0.15, 0.2) is 134 Å². The van der Waals surface area contributed by atoms with Crippen molar-refractivity contribution in [2.24, 2.45) is 0 Å². The van der Waals surface area contributed by atoms with E-state index >= 15 is 0 Å². The minimum Gasteiger partial charge on any atom is -0.479 e. The first-order valence-corrected chi connectivity index (χ1v) is 29.2. The second-order valence-electron chi connectivity index (χ2n) is 19.2. The van der Waals surface area contributed by atoms with Crippen molar-refractivity contribution < 1.29 is 58.2 Å². The van der Waals surface area contributed by atoms with E-state index in [2.05, 4.69) is 124 Å². The first kappa shape index (κ1) is 69.9. The molecule has 0 aromatic heterocycles. The van der Waals surface area contributed by atoms with Crippen LogP contribution in [0.4, 0.5) is 0 Å². The largest absolute Gasteiger partial charge is 0.479 e. The molecule has 432 valence electrons. The number of allylic oxidation sites excluding steroid dienone is 21. The second kappa shape index (κ2) is 51.6. The Labute approximate surface area is 464 Å². The standard InChI is InChI=1S/C65H100O12/c1-4-7-10-13-16-19-22-25-28-29-32-35-38-41-44-47-50-53-59(68)76-63-61(70)60(69)62(64(71)72)77-65(63)74-55-56(75-58(67)52-49-46-43-40-37-34-31-27-24-21-18-15-12-9-6-3)54-73-57(66)51-48-45-42-39-36-33-30-26-23-20-17-14-11-8-5-2/h7-8,10-11,16-17,19-20,25-28,30-32,35-36,39,41,44-45,48,56,60-63,65,69-70H,4-6,9,12-15,18,21-24,29,33-34,37-38,40,42-43,46-47,49-55H2,1-3H3,(H,71,72)/b10-7-,11-8-,19-16-,20-17-,28-25-,30-26-,31-27-,35-32-,39-36-,44-41-,48-45-. The molecule has 0 amide bonds. The molecule has 1 heterocycles. The first-order valence-electron chi connectivity index (χ1n) is 29.2. The van der Waals surface area contributed by atoms with Gasteiger partial charge in [0.1, 0.15) is 18.8 Å². The van der Waals surface area contributed by atoms with Crippen molar-refractivity contribution >= 4 is 23.9 Å². The number of carboxylic acid groups (broad SMARTS) is 1. The molecule has 0 aromatic rings. The van der Waals surface area contributed by atoms with E-state index in [1.165, 1.54) is 38.5 Å². The molecule has 1 aliphatic heterocycles. The van der Waals surface area contributed by atoms with E-state index in [1.807, 2.05) is 24.3 Å². The normalized spacial score (nSPS) is 19.0. The Kier molecular flexibility index (Phi) is 46.8. The third-order valence-corrected chi connectivity index (χ3v) is 12.2. The van der Waals surface area contributed by atoms with E-state index < -0.39 is 67.3 Å². The van der Waals surface area contributed by atoms with E-state index in [-0.39, 0.29) is 25.9 Å². The third-order valence-electron chi connectivity index (χ3n) is 12.2. The number of carbonyl (C=O) groups excluding carboxylic acids is 3. The van der Waals surface area contributed by atoms with Gasteiger partial charge in [0.15, 0.2) is 24.6 Å². The fourth-order valence-electron chi connectivity index (χ4n) is 7.82. The SMILES string of the molecule is CC/C=C\C/C=C\C/C=C\C/C=C\C/C=C\CCCC(=O)OC1C(OCC(COC(=O)C/C=C\C/C=C\C/C=C\C/C=C\C/C=C\CC)OC(=O)CCCCCCC/C=C\CCCCCCCC)OC(C(=O)O)C(O)C1O. The summed E-state index contributed by atoms with van der Waals surface area (Å²) in [4.78, 5) is 51.0. The van der Waals surface area contributed by atoms with Crippen LogP contribution in [0.2, 0.25) is 0 Å². The quantitative estimate of drug-likeness (QED) is 0.0228. The predicted molar refractivity (Wildman–Crippen MR) is 312 cm³/mol. The first-order chi connectivity index (χ1) is 37.6. The molecule has 0 saturated carbocycles. The van der Waals surface area contributed by atoms with Gasteiger partial charge in [-0.25, -0.2) is 4.79 Å². The van der Waals surface area contributed by atoms with Crippen LogP contribution in [0.3, 0.4) is 0 Å². The maximum atomic E-state index is 13.1. The zero-order valence-electron chi connectivity index (χ0n) is 47.4. The lowest BCUT2D eigenvalue weighted by Gasteiger charge is -2.40. The summed E-state index contributed by atoms with van der Waals surface area (Å²) in [5.41, 5.74) is 0. The van der Waals surface area contributed by atoms with Crippen LogP contribution in [-0.2, 0) is 42.9 Å². The van der Waals surface area contributed by atoms with Gasteiger partial charge in [0, 0.05) is 12.8 Å². The van der Waals surface area contributed by atoms with Crippen molar-refractivity contribution in [1.82, 2.24) is 0 Å². The average molecular weight is 1070 g/mol. The van der Waals surface area contributed by atoms with Crippen molar-refractivity contribution in [3.63, 3.8) is 0 Å². The molecule has 0 spiro atoms. The fourth-order valence-corrected chi connectivity index (χ4v) is 7.82. The van der Waals surface area contributed by atoms with Crippen molar-refractivity contribution in [1.29, 1.82) is 0 Å². The van der Waals surface area contributed by atoms with Gasteiger partial charge in [-0.3, -0.25) is 14.4 Å². The topological polar surface area (TPSA) is 175 Å². The van der Waals surface area contributed by atoms with Crippen LogP contribution >= 0.6 is 0 Å². The van der Waals surface area contributed by atoms with Gasteiger partial charge in [0.2, 0.25) is 0 Å². The third kappa shape index (κ3) is 41.6. The van der Waals surface area contributed by atoms with Gasteiger partial charge < -0.3 is 39.0 Å². The molecule has 12 nitrogen and oxygen atoms in total. The molecule has 3 N–H and O–H groups in total. The number of hydrogen-bond acceptors (Lipinski definition) is 11. The number of unbranched alkanes of at least 4 members (excludes halogenated alkanes) is 12. The van der Waals surface area contributed by atoms with Gasteiger partial charge in [-0.05, 0) is 109 Å². The molecule has 1 fully saturated rings. The number of hydrogen-bond donors (Lipinski definition) is 3. The van der Waals surface area contributed by atoms with Crippen LogP contribution < -0.4 is 0 Å². The van der Waals surface area contributed by atoms with E-state index in [0.29, 0.717) is 25.7 Å². The minimum absolute atomic E-state index is 0.0286. The van der Waals surface area contributed by atoms with Crippen LogP contribution in [0.25, 0.3) is 0 Å². The maximum absolute atomic E-state index is 13.1. The highest BCUT2D eigenvalue weighted by Crippen LogP contribution is 2.26. The fraction of sp³-hybridized carbons (Fsp3) is 0.600. The molecular formula is C65H100O12. The van der Waals surface area contributed by atoms with Crippen molar-refractivity contribution in [3.05, 3.63) is 134 Å². The summed E-state index contributed by atoms with van der Waals surface area (Å²) < 4.78 is 28.2. The predicted octanol–water partition coefficient (Wildman–Crippen LogP) is 15.0. The number of aliphatic hydroxyl groups is 2. The van der Waals surface area contributed by atoms with Gasteiger partial charge in [-0.1, -0.05) is 206 Å². The Bertz CT molecular complexity index is 1850. The van der Waals surface area contributed by atoms with E-state index in [9.17, 15) is 34.5 Å². The Morgan fingerprint density at radius 1 is 0.455 bits per heavy atom. The van der Waals surface area contributed by atoms with Gasteiger partial charge in [-0.2, -0.15) is 0 Å². The molecule has 6 atom stereocenters. The van der Waals surface area contributed by atoms with Crippen LogP contribution in [-0.4, -0.2) is 89.2 Å². The molecule has 0 radical (unpaired) electrons. The lowest BCUT2D eigenvalue weighted by Crippen LogP contribution is -2.61. The molecular weight excluding hydrogens is 973 g/mol. The molecule has 1 rings (SSSR count). The number of aliphatic carboxylic acids is 1. The number of carboxylic acids is 1. The maximum Gasteiger partial charge on any atom is 0.335 e. The lowest BCUT2D eigenvalue weighted by atomic mass is 9.98. The summed E-state index contributed by atoms with van der Waals surface area (Å²) in [7, 11) is 0. The summed E-state index contributed by atoms with van der Waals surface area (Å²) in [6.07, 6.45) is 60.2. The molecule has 1 aliphatic rings. The average Bonchev–Trinajstić information content (AvgIpc) is 3.43. The summed E-state index contributed by atoms with van der Waals surface area (Å²) in [5, 5.41) is 31.5. The molecule has 77 heavy (non-hydrogen) atoms. The van der Waals surface area contributed by atoms with Crippen molar-refractivity contribution in [2.45, 2.75) is 237 Å². The number of aliphatic hydroxyl groups excluding tert-OH is 2. The summed E-state index contributed by atoms with van der Waals surface area (Å²) >= 11 is 0. The van der Waals surface area contributed by atoms with Gasteiger partial charge in [-0.15, -0.1) is 0 Å². The number of ether oxygens (including phenoxy) is 5. The molecule has 0 bridgehead atoms. The van der Waals surface area contributed by atoms with Crippen molar-refractivity contribution in [2.75, 3.05) is 13.2 Å². The Balaban J connectivity index is 2.80. The molecule has 1 saturated heterocycles. The van der Waals surface area contributed by atoms with Crippen LogP contribution in [0.1, 0.15) is 201 Å². The highest BCUT2D eigenvalue weighted by atomic mass is 16.7. The van der Waals surface area contributed by atoms with Crippen LogP contribution in [0, 0.1) is 0 Å².